The average molecular weight is 458 g/mol. The Morgan fingerprint density at radius 2 is 1.61 bits per heavy atom. The highest BCUT2D eigenvalue weighted by Crippen LogP contribution is 2.39. The minimum absolute atomic E-state index is 0.0343. The lowest BCUT2D eigenvalue weighted by Crippen LogP contribution is -2.27. The first-order valence-electron chi connectivity index (χ1n) is 11.4. The van der Waals surface area contributed by atoms with Gasteiger partial charge in [-0.05, 0) is 60.4 Å². The van der Waals surface area contributed by atoms with Crippen molar-refractivity contribution < 1.29 is 9.59 Å². The maximum Gasteiger partial charge on any atom is 0.255 e. The predicted octanol–water partition coefficient (Wildman–Crippen LogP) is 5.31. The number of amides is 2. The maximum atomic E-state index is 12.8. The number of hydrogen-bond acceptors (Lipinski definition) is 4. The Balaban J connectivity index is 1.24. The first kappa shape index (κ1) is 21.6. The van der Waals surface area contributed by atoms with Gasteiger partial charge < -0.3 is 15.1 Å². The summed E-state index contributed by atoms with van der Waals surface area (Å²) in [6.07, 6.45) is 2.48. The van der Waals surface area contributed by atoms with Crippen LogP contribution in [-0.2, 0) is 11.3 Å². The van der Waals surface area contributed by atoms with Gasteiger partial charge in [-0.1, -0.05) is 42.5 Å². The summed E-state index contributed by atoms with van der Waals surface area (Å²) in [6, 6.07) is 25.7. The number of anilines is 2. The van der Waals surface area contributed by atoms with Crippen LogP contribution in [0.2, 0.25) is 0 Å². The van der Waals surface area contributed by atoms with Crippen LogP contribution in [0.4, 0.5) is 11.4 Å². The van der Waals surface area contributed by atoms with Gasteiger partial charge in [0.15, 0.2) is 0 Å². The van der Waals surface area contributed by atoms with Crippen molar-refractivity contribution in [3.05, 3.63) is 95.6 Å². The van der Waals surface area contributed by atoms with E-state index in [9.17, 15) is 9.59 Å². The molecule has 168 valence electrons. The summed E-state index contributed by atoms with van der Waals surface area (Å²) in [5.74, 6) is 0.493. The molecule has 2 aliphatic rings. The van der Waals surface area contributed by atoms with Crippen molar-refractivity contribution in [1.82, 2.24) is 4.90 Å². The molecule has 3 aromatic carbocycles. The van der Waals surface area contributed by atoms with Gasteiger partial charge in [-0.2, -0.15) is 0 Å². The molecular weight excluding hydrogens is 430 g/mol. The van der Waals surface area contributed by atoms with E-state index < -0.39 is 0 Å². The lowest BCUT2D eigenvalue weighted by molar-refractivity contribution is -0.128. The Bertz CT molecular complexity index is 1110. The van der Waals surface area contributed by atoms with Gasteiger partial charge in [0, 0.05) is 36.6 Å². The Hall–Kier alpha value is -3.25. The second-order valence-electron chi connectivity index (χ2n) is 8.49. The Labute approximate surface area is 198 Å². The van der Waals surface area contributed by atoms with E-state index in [0.29, 0.717) is 17.9 Å². The summed E-state index contributed by atoms with van der Waals surface area (Å²) in [5.41, 5.74) is 4.75. The smallest absolute Gasteiger partial charge is 0.255 e. The number of thioether (sulfide) groups is 1. The molecule has 2 heterocycles. The largest absolute Gasteiger partial charge is 0.372 e. The monoisotopic (exact) mass is 457 g/mol. The minimum atomic E-state index is -0.133. The van der Waals surface area contributed by atoms with Crippen LogP contribution in [0.15, 0.2) is 78.9 Å². The Morgan fingerprint density at radius 3 is 2.30 bits per heavy atom. The van der Waals surface area contributed by atoms with E-state index in [4.69, 9.17) is 0 Å². The topological polar surface area (TPSA) is 52.7 Å². The van der Waals surface area contributed by atoms with E-state index in [2.05, 4.69) is 22.3 Å². The molecule has 0 saturated carbocycles. The molecule has 3 aromatic rings. The third-order valence-corrected chi connectivity index (χ3v) is 7.47. The summed E-state index contributed by atoms with van der Waals surface area (Å²) in [4.78, 5) is 29.5. The van der Waals surface area contributed by atoms with Gasteiger partial charge in [0.05, 0.1) is 5.75 Å². The SMILES string of the molecule is O=C(Nc1ccc(N2CCCC2)cc1)c1ccc(C2SCC(=O)N2Cc2ccccc2)cc1. The maximum absolute atomic E-state index is 12.8. The summed E-state index contributed by atoms with van der Waals surface area (Å²) < 4.78 is 0. The fourth-order valence-corrected chi connectivity index (χ4v) is 5.60. The van der Waals surface area contributed by atoms with Gasteiger partial charge in [-0.3, -0.25) is 9.59 Å². The van der Waals surface area contributed by atoms with Gasteiger partial charge in [-0.15, -0.1) is 11.8 Å². The van der Waals surface area contributed by atoms with Crippen LogP contribution < -0.4 is 10.2 Å². The van der Waals surface area contributed by atoms with Crippen LogP contribution in [-0.4, -0.2) is 35.6 Å². The molecule has 0 spiro atoms. The van der Waals surface area contributed by atoms with E-state index >= 15 is 0 Å². The standard InChI is InChI=1S/C27H27N3O2S/c31-25-19-33-27(30(25)18-20-6-2-1-3-7-20)22-10-8-21(9-11-22)26(32)28-23-12-14-24(15-13-23)29-16-4-5-17-29/h1-3,6-15,27H,4-5,16-19H2,(H,28,32). The molecular formula is C27H27N3O2S. The number of rotatable bonds is 6. The van der Waals surface area contributed by atoms with E-state index in [1.165, 1.54) is 18.5 Å². The normalized spacial score (nSPS) is 18.1. The van der Waals surface area contributed by atoms with E-state index in [-0.39, 0.29) is 17.2 Å². The molecule has 5 rings (SSSR count). The number of benzene rings is 3. The van der Waals surface area contributed by atoms with Gasteiger partial charge in [0.1, 0.15) is 5.37 Å². The molecule has 2 amide bonds. The fraction of sp³-hybridized carbons (Fsp3) is 0.259. The highest BCUT2D eigenvalue weighted by atomic mass is 32.2. The Kier molecular flexibility index (Phi) is 6.35. The minimum Gasteiger partial charge on any atom is -0.372 e. The van der Waals surface area contributed by atoms with Crippen molar-refractivity contribution in [2.45, 2.75) is 24.8 Å². The molecule has 0 bridgehead atoms. The molecule has 0 aromatic heterocycles. The van der Waals surface area contributed by atoms with Gasteiger partial charge in [0.25, 0.3) is 5.91 Å². The summed E-state index contributed by atoms with van der Waals surface area (Å²) >= 11 is 1.63. The molecule has 33 heavy (non-hydrogen) atoms. The Morgan fingerprint density at radius 1 is 0.909 bits per heavy atom. The molecule has 6 heteroatoms. The van der Waals surface area contributed by atoms with Gasteiger partial charge >= 0.3 is 0 Å². The number of carbonyl (C=O) groups excluding carboxylic acids is 2. The molecule has 2 saturated heterocycles. The molecule has 2 fully saturated rings. The quantitative estimate of drug-likeness (QED) is 0.545. The van der Waals surface area contributed by atoms with Crippen molar-refractivity contribution in [1.29, 1.82) is 0 Å². The zero-order valence-electron chi connectivity index (χ0n) is 18.4. The van der Waals surface area contributed by atoms with Crippen LogP contribution in [0.25, 0.3) is 0 Å². The average Bonchev–Trinajstić information content (AvgIpc) is 3.51. The van der Waals surface area contributed by atoms with Crippen molar-refractivity contribution in [3.63, 3.8) is 0 Å². The second kappa shape index (κ2) is 9.71. The third kappa shape index (κ3) is 4.91. The van der Waals surface area contributed by atoms with Crippen LogP contribution in [0.5, 0.6) is 0 Å². The molecule has 5 nitrogen and oxygen atoms in total. The van der Waals surface area contributed by atoms with E-state index in [1.807, 2.05) is 71.6 Å². The molecule has 1 N–H and O–H groups in total. The van der Waals surface area contributed by atoms with E-state index in [0.717, 1.165) is 29.9 Å². The van der Waals surface area contributed by atoms with Crippen LogP contribution in [0.1, 0.15) is 39.7 Å². The fourth-order valence-electron chi connectivity index (χ4n) is 4.41. The molecule has 0 radical (unpaired) electrons. The number of hydrogen-bond donors (Lipinski definition) is 1. The second-order valence-corrected chi connectivity index (χ2v) is 9.56. The first-order valence-corrected chi connectivity index (χ1v) is 12.4. The van der Waals surface area contributed by atoms with Crippen LogP contribution in [0.3, 0.4) is 0 Å². The summed E-state index contributed by atoms with van der Waals surface area (Å²) in [5, 5.41) is 2.95. The number of nitrogens with one attached hydrogen (secondary N) is 1. The van der Waals surface area contributed by atoms with Crippen LogP contribution >= 0.6 is 11.8 Å². The lowest BCUT2D eigenvalue weighted by Gasteiger charge is -2.24. The highest BCUT2D eigenvalue weighted by Gasteiger charge is 2.32. The number of carbonyl (C=O) groups is 2. The number of nitrogens with zero attached hydrogens (tertiary/aromatic N) is 2. The zero-order chi connectivity index (χ0) is 22.6. The predicted molar refractivity (Wildman–Crippen MR) is 134 cm³/mol. The molecule has 0 aliphatic carbocycles. The van der Waals surface area contributed by atoms with Crippen LogP contribution in [0, 0.1) is 0 Å². The van der Waals surface area contributed by atoms with Crippen molar-refractivity contribution in [2.75, 3.05) is 29.1 Å². The third-order valence-electron chi connectivity index (χ3n) is 6.22. The summed E-state index contributed by atoms with van der Waals surface area (Å²) in [6.45, 7) is 2.80. The van der Waals surface area contributed by atoms with E-state index in [1.54, 1.807) is 11.8 Å². The van der Waals surface area contributed by atoms with Crippen molar-refractivity contribution in [3.8, 4) is 0 Å². The summed E-state index contributed by atoms with van der Waals surface area (Å²) in [7, 11) is 0. The van der Waals surface area contributed by atoms with Gasteiger partial charge in [-0.25, -0.2) is 0 Å². The zero-order valence-corrected chi connectivity index (χ0v) is 19.3. The molecule has 2 aliphatic heterocycles. The molecule has 1 atom stereocenters. The lowest BCUT2D eigenvalue weighted by atomic mass is 10.1. The molecule has 1 unspecified atom stereocenters. The first-order chi connectivity index (χ1) is 16.2. The highest BCUT2D eigenvalue weighted by molar-refractivity contribution is 8.00. The van der Waals surface area contributed by atoms with Crippen molar-refractivity contribution in [2.24, 2.45) is 0 Å². The van der Waals surface area contributed by atoms with Gasteiger partial charge in [0.2, 0.25) is 5.91 Å². The van der Waals surface area contributed by atoms with Crippen molar-refractivity contribution >= 4 is 35.0 Å².